The first kappa shape index (κ1) is 11.1. The summed E-state index contributed by atoms with van der Waals surface area (Å²) in [7, 11) is 0. The first-order valence-electron chi connectivity index (χ1n) is 4.61. The summed E-state index contributed by atoms with van der Waals surface area (Å²) in [5.41, 5.74) is 0. The number of aliphatic hydroxyl groups excluding tert-OH is 1. The van der Waals surface area contributed by atoms with Gasteiger partial charge in [0.25, 0.3) is 0 Å². The second-order valence-corrected chi connectivity index (χ2v) is 5.28. The van der Waals surface area contributed by atoms with E-state index in [2.05, 4.69) is 24.4 Å². The monoisotopic (exact) mass is 216 g/mol. The van der Waals surface area contributed by atoms with E-state index in [1.165, 1.54) is 4.88 Å². The molecule has 1 aromatic heterocycles. The van der Waals surface area contributed by atoms with Crippen molar-refractivity contribution in [3.05, 3.63) is 22.4 Å². The number of rotatable bonds is 6. The third kappa shape index (κ3) is 4.69. The molecule has 0 spiro atoms. The van der Waals surface area contributed by atoms with Crippen molar-refractivity contribution in [2.24, 2.45) is 0 Å². The highest BCUT2D eigenvalue weighted by atomic mass is 32.2. The Balaban J connectivity index is 2.11. The number of aliphatic hydroxyl groups is 1. The zero-order valence-electron chi connectivity index (χ0n) is 7.90. The zero-order chi connectivity index (χ0) is 9.52. The normalized spacial score (nSPS) is 13.1. The Morgan fingerprint density at radius 1 is 1.62 bits per heavy atom. The summed E-state index contributed by atoms with van der Waals surface area (Å²) >= 11 is 3.58. The fraction of sp³-hybridized carbons (Fsp3) is 0.600. The zero-order valence-corrected chi connectivity index (χ0v) is 9.53. The lowest BCUT2D eigenvalue weighted by Crippen LogP contribution is -2.10. The van der Waals surface area contributed by atoms with Crippen molar-refractivity contribution in [1.29, 1.82) is 0 Å². The third-order valence-corrected chi connectivity index (χ3v) is 3.78. The van der Waals surface area contributed by atoms with Crippen LogP contribution in [0.3, 0.4) is 0 Å². The van der Waals surface area contributed by atoms with Crippen LogP contribution in [-0.4, -0.2) is 22.7 Å². The Morgan fingerprint density at radius 2 is 2.46 bits per heavy atom. The molecule has 0 aromatic carbocycles. The lowest BCUT2D eigenvalue weighted by Gasteiger charge is -2.07. The van der Waals surface area contributed by atoms with Gasteiger partial charge in [-0.2, -0.15) is 11.8 Å². The third-order valence-electron chi connectivity index (χ3n) is 1.82. The Bertz CT molecular complexity index is 209. The van der Waals surface area contributed by atoms with Crippen molar-refractivity contribution in [2.45, 2.75) is 25.9 Å². The van der Waals surface area contributed by atoms with Crippen LogP contribution in [0.4, 0.5) is 0 Å². The summed E-state index contributed by atoms with van der Waals surface area (Å²) in [6, 6.07) is 4.19. The lowest BCUT2D eigenvalue weighted by atomic mass is 10.2. The molecule has 1 aromatic rings. The molecule has 1 nitrogen and oxygen atoms in total. The summed E-state index contributed by atoms with van der Waals surface area (Å²) in [6.07, 6.45) is 1.78. The Morgan fingerprint density at radius 3 is 3.08 bits per heavy atom. The molecule has 0 bridgehead atoms. The number of aryl methyl sites for hydroxylation is 1. The van der Waals surface area contributed by atoms with E-state index in [0.29, 0.717) is 0 Å². The fourth-order valence-corrected chi connectivity index (χ4v) is 2.50. The van der Waals surface area contributed by atoms with Gasteiger partial charge in [-0.3, -0.25) is 0 Å². The molecule has 1 heterocycles. The Labute approximate surface area is 88.2 Å². The van der Waals surface area contributed by atoms with E-state index in [0.717, 1.165) is 24.3 Å². The number of hydrogen-bond acceptors (Lipinski definition) is 3. The van der Waals surface area contributed by atoms with Crippen LogP contribution < -0.4 is 0 Å². The quantitative estimate of drug-likeness (QED) is 0.789. The van der Waals surface area contributed by atoms with Crippen molar-refractivity contribution in [3.63, 3.8) is 0 Å². The first-order chi connectivity index (χ1) is 6.33. The fourth-order valence-electron chi connectivity index (χ4n) is 1.10. The van der Waals surface area contributed by atoms with Gasteiger partial charge >= 0.3 is 0 Å². The SMILES string of the molecule is CCSCC(O)CCc1cccs1. The van der Waals surface area contributed by atoms with Gasteiger partial charge in [0.2, 0.25) is 0 Å². The highest BCUT2D eigenvalue weighted by Crippen LogP contribution is 2.13. The van der Waals surface area contributed by atoms with Crippen LogP contribution in [0.25, 0.3) is 0 Å². The van der Waals surface area contributed by atoms with Gasteiger partial charge in [0, 0.05) is 10.6 Å². The average Bonchev–Trinajstić information content (AvgIpc) is 2.64. The van der Waals surface area contributed by atoms with Crippen LogP contribution in [0.2, 0.25) is 0 Å². The van der Waals surface area contributed by atoms with E-state index >= 15 is 0 Å². The van der Waals surface area contributed by atoms with Gasteiger partial charge in [-0.15, -0.1) is 11.3 Å². The minimum absolute atomic E-state index is 0.132. The van der Waals surface area contributed by atoms with Crippen LogP contribution in [0.1, 0.15) is 18.2 Å². The molecule has 0 saturated heterocycles. The predicted molar refractivity (Wildman–Crippen MR) is 61.6 cm³/mol. The van der Waals surface area contributed by atoms with Gasteiger partial charge < -0.3 is 5.11 Å². The van der Waals surface area contributed by atoms with Gasteiger partial charge in [0.15, 0.2) is 0 Å². The van der Waals surface area contributed by atoms with Crippen molar-refractivity contribution in [2.75, 3.05) is 11.5 Å². The molecule has 0 amide bonds. The van der Waals surface area contributed by atoms with Gasteiger partial charge in [-0.25, -0.2) is 0 Å². The standard InChI is InChI=1S/C10H16OS2/c1-2-12-8-9(11)5-6-10-4-3-7-13-10/h3-4,7,9,11H,2,5-6,8H2,1H3. The molecule has 1 atom stereocenters. The molecule has 1 N–H and O–H groups in total. The molecule has 13 heavy (non-hydrogen) atoms. The second kappa shape index (κ2) is 6.46. The second-order valence-electron chi connectivity index (χ2n) is 2.93. The maximum Gasteiger partial charge on any atom is 0.0634 e. The summed E-state index contributed by atoms with van der Waals surface area (Å²) < 4.78 is 0. The van der Waals surface area contributed by atoms with Crippen LogP contribution >= 0.6 is 23.1 Å². The van der Waals surface area contributed by atoms with E-state index in [4.69, 9.17) is 0 Å². The van der Waals surface area contributed by atoms with Crippen molar-refractivity contribution >= 4 is 23.1 Å². The van der Waals surface area contributed by atoms with Crippen molar-refractivity contribution < 1.29 is 5.11 Å². The highest BCUT2D eigenvalue weighted by Gasteiger charge is 2.04. The Kier molecular flexibility index (Phi) is 5.51. The van der Waals surface area contributed by atoms with Gasteiger partial charge in [0.1, 0.15) is 0 Å². The van der Waals surface area contributed by atoms with E-state index in [9.17, 15) is 5.11 Å². The van der Waals surface area contributed by atoms with Crippen LogP contribution in [0.5, 0.6) is 0 Å². The molecule has 1 rings (SSSR count). The van der Waals surface area contributed by atoms with E-state index in [1.54, 1.807) is 23.1 Å². The maximum absolute atomic E-state index is 9.56. The molecular weight excluding hydrogens is 200 g/mol. The van der Waals surface area contributed by atoms with Gasteiger partial charge in [-0.05, 0) is 30.0 Å². The van der Waals surface area contributed by atoms with Gasteiger partial charge in [-0.1, -0.05) is 13.0 Å². The average molecular weight is 216 g/mol. The van der Waals surface area contributed by atoms with Crippen LogP contribution in [0.15, 0.2) is 17.5 Å². The molecule has 0 fully saturated rings. The molecule has 1 unspecified atom stereocenters. The Hall–Kier alpha value is 0.01000. The number of hydrogen-bond donors (Lipinski definition) is 1. The summed E-state index contributed by atoms with van der Waals surface area (Å²) in [5.74, 6) is 1.97. The molecule has 0 aliphatic carbocycles. The van der Waals surface area contributed by atoms with Crippen molar-refractivity contribution in [1.82, 2.24) is 0 Å². The lowest BCUT2D eigenvalue weighted by molar-refractivity contribution is 0.190. The summed E-state index contributed by atoms with van der Waals surface area (Å²) in [4.78, 5) is 1.38. The molecule has 0 saturated carbocycles. The van der Waals surface area contributed by atoms with E-state index < -0.39 is 0 Å². The maximum atomic E-state index is 9.56. The molecule has 0 aliphatic rings. The minimum atomic E-state index is -0.132. The molecule has 0 aliphatic heterocycles. The molecular formula is C10H16OS2. The predicted octanol–water partition coefficient (Wildman–Crippen LogP) is 2.79. The van der Waals surface area contributed by atoms with Crippen LogP contribution in [-0.2, 0) is 6.42 Å². The number of thioether (sulfide) groups is 1. The molecule has 3 heteroatoms. The topological polar surface area (TPSA) is 20.2 Å². The van der Waals surface area contributed by atoms with E-state index in [-0.39, 0.29) is 6.10 Å². The largest absolute Gasteiger partial charge is 0.392 e. The minimum Gasteiger partial charge on any atom is -0.392 e. The summed E-state index contributed by atoms with van der Waals surface area (Å²) in [6.45, 7) is 2.12. The van der Waals surface area contributed by atoms with Gasteiger partial charge in [0.05, 0.1) is 6.10 Å². The molecule has 74 valence electrons. The smallest absolute Gasteiger partial charge is 0.0634 e. The van der Waals surface area contributed by atoms with Crippen molar-refractivity contribution in [3.8, 4) is 0 Å². The van der Waals surface area contributed by atoms with Crippen LogP contribution in [0, 0.1) is 0 Å². The first-order valence-corrected chi connectivity index (χ1v) is 6.64. The van der Waals surface area contributed by atoms with E-state index in [1.807, 2.05) is 0 Å². The highest BCUT2D eigenvalue weighted by molar-refractivity contribution is 7.99. The molecule has 0 radical (unpaired) electrons. The summed E-state index contributed by atoms with van der Waals surface area (Å²) in [5, 5.41) is 11.6. The number of thiophene rings is 1.